The molecule has 0 aliphatic heterocycles. The lowest BCUT2D eigenvalue weighted by atomic mass is 10.1. The second-order valence-electron chi connectivity index (χ2n) is 5.84. The van der Waals surface area contributed by atoms with E-state index < -0.39 is 0 Å². The van der Waals surface area contributed by atoms with Gasteiger partial charge in [-0.15, -0.1) is 22.7 Å². The van der Waals surface area contributed by atoms with E-state index in [2.05, 4.69) is 84.9 Å². The molecule has 2 heterocycles. The smallest absolute Gasteiger partial charge is 0.0361 e. The minimum atomic E-state index is 1.29. The highest BCUT2D eigenvalue weighted by molar-refractivity contribution is 7.25. The Kier molecular flexibility index (Phi) is 3.25. The van der Waals surface area contributed by atoms with Crippen molar-refractivity contribution in [2.45, 2.75) is 0 Å². The van der Waals surface area contributed by atoms with E-state index in [4.69, 9.17) is 0 Å². The van der Waals surface area contributed by atoms with Crippen molar-refractivity contribution in [1.82, 2.24) is 0 Å². The van der Waals surface area contributed by atoms with Gasteiger partial charge < -0.3 is 0 Å². The van der Waals surface area contributed by atoms with Crippen LogP contribution >= 0.6 is 22.7 Å². The highest BCUT2D eigenvalue weighted by Gasteiger charge is 2.07. The van der Waals surface area contributed by atoms with Crippen LogP contribution in [0.1, 0.15) is 10.4 Å². The van der Waals surface area contributed by atoms with E-state index in [1.54, 1.807) is 0 Å². The first-order valence-electron chi connectivity index (χ1n) is 7.95. The van der Waals surface area contributed by atoms with Crippen molar-refractivity contribution >= 4 is 65.1 Å². The van der Waals surface area contributed by atoms with E-state index >= 15 is 0 Å². The topological polar surface area (TPSA) is 0 Å². The molecule has 0 fully saturated rings. The van der Waals surface area contributed by atoms with E-state index in [0.717, 1.165) is 0 Å². The Morgan fingerprint density at radius 3 is 2.33 bits per heavy atom. The highest BCUT2D eigenvalue weighted by atomic mass is 32.1. The van der Waals surface area contributed by atoms with Crippen LogP contribution in [0.2, 0.25) is 0 Å². The second kappa shape index (κ2) is 5.59. The standard InChI is InChI=1S/C22H14S2/c1-3-9-19-16(6-1)14-17(23-19)13-12-15-7-5-11-21-22(15)18-8-2-4-10-20(18)24-21/h1-14H/b13-12+. The molecular weight excluding hydrogens is 328 g/mol. The second-order valence-corrected chi connectivity index (χ2v) is 8.04. The maximum absolute atomic E-state index is 2.27. The number of fused-ring (bicyclic) bond motifs is 4. The first-order valence-corrected chi connectivity index (χ1v) is 9.59. The largest absolute Gasteiger partial charge is 0.136 e. The average molecular weight is 342 g/mol. The van der Waals surface area contributed by atoms with E-state index in [-0.39, 0.29) is 0 Å². The lowest BCUT2D eigenvalue weighted by Crippen LogP contribution is -1.74. The zero-order valence-corrected chi connectivity index (χ0v) is 14.5. The Morgan fingerprint density at radius 2 is 1.42 bits per heavy atom. The van der Waals surface area contributed by atoms with Gasteiger partial charge in [0.25, 0.3) is 0 Å². The van der Waals surface area contributed by atoms with Crippen LogP contribution in [0.25, 0.3) is 42.4 Å². The van der Waals surface area contributed by atoms with Gasteiger partial charge in [-0.2, -0.15) is 0 Å². The molecule has 0 amide bonds. The van der Waals surface area contributed by atoms with E-state index in [9.17, 15) is 0 Å². The first kappa shape index (κ1) is 14.0. The summed E-state index contributed by atoms with van der Waals surface area (Å²) in [5.74, 6) is 0. The van der Waals surface area contributed by atoms with Gasteiger partial charge in [-0.05, 0) is 41.3 Å². The van der Waals surface area contributed by atoms with Gasteiger partial charge >= 0.3 is 0 Å². The molecule has 114 valence electrons. The number of thiophene rings is 2. The molecule has 0 aliphatic carbocycles. The van der Waals surface area contributed by atoms with Gasteiger partial charge in [0.1, 0.15) is 0 Å². The summed E-state index contributed by atoms with van der Waals surface area (Å²) in [7, 11) is 0. The Balaban J connectivity index is 1.66. The van der Waals surface area contributed by atoms with Gasteiger partial charge in [0.05, 0.1) is 0 Å². The Labute approximate surface area is 148 Å². The van der Waals surface area contributed by atoms with Gasteiger partial charge in [0.2, 0.25) is 0 Å². The van der Waals surface area contributed by atoms with Crippen LogP contribution in [0.5, 0.6) is 0 Å². The maximum atomic E-state index is 2.27. The summed E-state index contributed by atoms with van der Waals surface area (Å²) in [6, 6.07) is 26.1. The Hall–Kier alpha value is -2.42. The van der Waals surface area contributed by atoms with Gasteiger partial charge in [-0.3, -0.25) is 0 Å². The van der Waals surface area contributed by atoms with Crippen LogP contribution in [0.4, 0.5) is 0 Å². The molecule has 2 aromatic heterocycles. The molecule has 0 saturated heterocycles. The predicted octanol–water partition coefficient (Wildman–Crippen LogP) is 7.44. The van der Waals surface area contributed by atoms with Crippen LogP contribution in [0, 0.1) is 0 Å². The normalized spacial score (nSPS) is 12.0. The fourth-order valence-corrected chi connectivity index (χ4v) is 5.30. The van der Waals surface area contributed by atoms with E-state index in [1.165, 1.54) is 40.7 Å². The fourth-order valence-electron chi connectivity index (χ4n) is 3.20. The maximum Gasteiger partial charge on any atom is 0.0361 e. The minimum Gasteiger partial charge on any atom is -0.136 e. The molecule has 0 N–H and O–H groups in total. The summed E-state index contributed by atoms with van der Waals surface area (Å²) in [6.45, 7) is 0. The van der Waals surface area contributed by atoms with Crippen molar-refractivity contribution in [2.75, 3.05) is 0 Å². The molecule has 0 bridgehead atoms. The summed E-state index contributed by atoms with van der Waals surface area (Å²) in [5.41, 5.74) is 1.29. The summed E-state index contributed by atoms with van der Waals surface area (Å²) in [4.78, 5) is 1.30. The summed E-state index contributed by atoms with van der Waals surface area (Å²) < 4.78 is 4.06. The van der Waals surface area contributed by atoms with Crippen LogP contribution < -0.4 is 0 Å². The third-order valence-electron chi connectivity index (χ3n) is 4.31. The predicted molar refractivity (Wildman–Crippen MR) is 110 cm³/mol. The number of benzene rings is 3. The number of hydrogen-bond donors (Lipinski definition) is 0. The molecule has 3 aromatic carbocycles. The lowest BCUT2D eigenvalue weighted by molar-refractivity contribution is 1.79. The molecule has 2 heteroatoms. The van der Waals surface area contributed by atoms with Crippen LogP contribution in [0.3, 0.4) is 0 Å². The van der Waals surface area contributed by atoms with Crippen molar-refractivity contribution < 1.29 is 0 Å². The molecule has 5 aromatic rings. The fraction of sp³-hybridized carbons (Fsp3) is 0. The van der Waals surface area contributed by atoms with Crippen LogP contribution in [-0.2, 0) is 0 Å². The van der Waals surface area contributed by atoms with Crippen LogP contribution in [-0.4, -0.2) is 0 Å². The minimum absolute atomic E-state index is 1.29. The van der Waals surface area contributed by atoms with Crippen molar-refractivity contribution in [1.29, 1.82) is 0 Å². The lowest BCUT2D eigenvalue weighted by Gasteiger charge is -1.98. The molecule has 0 atom stereocenters. The Morgan fingerprint density at radius 1 is 0.625 bits per heavy atom. The average Bonchev–Trinajstić information content (AvgIpc) is 3.20. The van der Waals surface area contributed by atoms with E-state index in [1.807, 2.05) is 22.7 Å². The Bertz CT molecular complexity index is 1170. The molecule has 5 rings (SSSR count). The zero-order chi connectivity index (χ0) is 15.9. The molecule has 24 heavy (non-hydrogen) atoms. The van der Waals surface area contributed by atoms with Crippen molar-refractivity contribution in [3.8, 4) is 0 Å². The highest BCUT2D eigenvalue weighted by Crippen LogP contribution is 2.36. The summed E-state index contributed by atoms with van der Waals surface area (Å²) in [5, 5.41) is 4.05. The van der Waals surface area contributed by atoms with Gasteiger partial charge in [-0.25, -0.2) is 0 Å². The van der Waals surface area contributed by atoms with Gasteiger partial charge in [-0.1, -0.05) is 54.6 Å². The zero-order valence-electron chi connectivity index (χ0n) is 12.9. The molecule has 0 nitrogen and oxygen atoms in total. The van der Waals surface area contributed by atoms with Gasteiger partial charge in [0.15, 0.2) is 0 Å². The molecular formula is C22H14S2. The number of hydrogen-bond acceptors (Lipinski definition) is 2. The van der Waals surface area contributed by atoms with E-state index in [0.29, 0.717) is 0 Å². The van der Waals surface area contributed by atoms with Crippen LogP contribution in [0.15, 0.2) is 72.8 Å². The third kappa shape index (κ3) is 2.27. The summed E-state index contributed by atoms with van der Waals surface area (Å²) in [6.07, 6.45) is 4.50. The third-order valence-corrected chi connectivity index (χ3v) is 6.52. The van der Waals surface area contributed by atoms with Gasteiger partial charge in [0, 0.05) is 29.7 Å². The SMILES string of the molecule is C(=C\c1cccc2sc3ccccc3c12)/c1cc2ccccc2s1. The quantitative estimate of drug-likeness (QED) is 0.313. The van der Waals surface area contributed by atoms with Crippen molar-refractivity contribution in [3.63, 3.8) is 0 Å². The molecule has 0 saturated carbocycles. The molecule has 0 spiro atoms. The molecule has 0 unspecified atom stereocenters. The summed E-state index contributed by atoms with van der Waals surface area (Å²) >= 11 is 3.71. The monoisotopic (exact) mass is 342 g/mol. The number of rotatable bonds is 2. The molecule has 0 aliphatic rings. The first-order chi connectivity index (χ1) is 11.9. The molecule has 0 radical (unpaired) electrons. The van der Waals surface area contributed by atoms with Crippen molar-refractivity contribution in [3.05, 3.63) is 83.2 Å². The van der Waals surface area contributed by atoms with Crippen molar-refractivity contribution in [2.24, 2.45) is 0 Å².